The normalized spacial score (nSPS) is 13.1. The standard InChI is InChI=1S/C53H32N2OS/c1-3-15-34(16-4-1)53(35-17-5-2-6-18-35)43-25-10-7-21-40(43)50-41(23-14-26-44(50)53)45-32-46(42-24-13-22-39-36-19-8-11-27-47(36)56-51(39)42)55-52(54-45)33-29-30-38-37-20-9-12-28-48(37)57-49(38)31-33/h1-32H. The first-order valence-corrected chi connectivity index (χ1v) is 20.1. The van der Waals surface area contributed by atoms with E-state index in [1.165, 1.54) is 53.6 Å². The van der Waals surface area contributed by atoms with Crippen molar-refractivity contribution in [2.75, 3.05) is 0 Å². The molecule has 3 nitrogen and oxygen atoms in total. The Morgan fingerprint density at radius 3 is 1.84 bits per heavy atom. The van der Waals surface area contributed by atoms with E-state index in [1.807, 2.05) is 23.5 Å². The number of rotatable bonds is 5. The molecule has 0 N–H and O–H groups in total. The molecule has 12 rings (SSSR count). The first-order valence-electron chi connectivity index (χ1n) is 19.3. The van der Waals surface area contributed by atoms with Gasteiger partial charge in [-0.3, -0.25) is 0 Å². The lowest BCUT2D eigenvalue weighted by Gasteiger charge is -2.33. The average Bonchev–Trinajstić information content (AvgIpc) is 3.95. The SMILES string of the molecule is c1ccc(C2(c3ccccc3)c3ccccc3-c3c(-c4cc(-c5cccc6c5oc5ccccc56)nc(-c5ccc6c(c5)sc5ccccc56)n4)cccc32)cc1. The van der Waals surface area contributed by atoms with Crippen molar-refractivity contribution < 1.29 is 4.42 Å². The van der Waals surface area contributed by atoms with Crippen molar-refractivity contribution in [3.8, 4) is 45.0 Å². The van der Waals surface area contributed by atoms with E-state index < -0.39 is 5.41 Å². The van der Waals surface area contributed by atoms with Gasteiger partial charge >= 0.3 is 0 Å². The van der Waals surface area contributed by atoms with E-state index in [0.717, 1.165) is 50.0 Å². The van der Waals surface area contributed by atoms with Gasteiger partial charge in [-0.2, -0.15) is 0 Å². The number of hydrogen-bond donors (Lipinski definition) is 0. The van der Waals surface area contributed by atoms with E-state index in [-0.39, 0.29) is 0 Å². The van der Waals surface area contributed by atoms with Crippen molar-refractivity contribution >= 4 is 53.4 Å². The molecule has 0 aliphatic heterocycles. The summed E-state index contributed by atoms with van der Waals surface area (Å²) in [5.41, 5.74) is 13.2. The second-order valence-electron chi connectivity index (χ2n) is 14.8. The fraction of sp³-hybridized carbons (Fsp3) is 0.0189. The molecule has 11 aromatic rings. The minimum Gasteiger partial charge on any atom is -0.455 e. The molecule has 0 bridgehead atoms. The van der Waals surface area contributed by atoms with Gasteiger partial charge in [0.1, 0.15) is 11.2 Å². The van der Waals surface area contributed by atoms with Gasteiger partial charge in [0.25, 0.3) is 0 Å². The maximum absolute atomic E-state index is 6.61. The zero-order valence-corrected chi connectivity index (χ0v) is 31.5. The second kappa shape index (κ2) is 12.4. The Balaban J connectivity index is 1.15. The molecule has 266 valence electrons. The number of furan rings is 1. The minimum absolute atomic E-state index is 0.519. The first-order chi connectivity index (χ1) is 28.3. The van der Waals surface area contributed by atoms with E-state index in [0.29, 0.717) is 5.82 Å². The van der Waals surface area contributed by atoms with Crippen molar-refractivity contribution in [2.45, 2.75) is 5.41 Å². The molecule has 8 aromatic carbocycles. The molecule has 4 heteroatoms. The Bertz CT molecular complexity index is 3320. The first kappa shape index (κ1) is 32.1. The number of aromatic nitrogens is 2. The van der Waals surface area contributed by atoms with Gasteiger partial charge in [0.05, 0.1) is 16.8 Å². The van der Waals surface area contributed by atoms with E-state index in [1.54, 1.807) is 0 Å². The zero-order chi connectivity index (χ0) is 37.5. The fourth-order valence-electron chi connectivity index (χ4n) is 9.37. The summed E-state index contributed by atoms with van der Waals surface area (Å²) in [4.78, 5) is 10.9. The number of thiophene rings is 1. The largest absolute Gasteiger partial charge is 0.455 e. The van der Waals surface area contributed by atoms with Crippen LogP contribution in [0.3, 0.4) is 0 Å². The van der Waals surface area contributed by atoms with Gasteiger partial charge < -0.3 is 4.42 Å². The van der Waals surface area contributed by atoms with Crippen LogP contribution in [-0.2, 0) is 5.41 Å². The lowest BCUT2D eigenvalue weighted by Crippen LogP contribution is -2.28. The van der Waals surface area contributed by atoms with Crippen LogP contribution in [0.5, 0.6) is 0 Å². The Hall–Kier alpha value is -7.14. The third-order valence-corrected chi connectivity index (χ3v) is 12.9. The second-order valence-corrected chi connectivity index (χ2v) is 15.9. The maximum Gasteiger partial charge on any atom is 0.160 e. The summed E-state index contributed by atoms with van der Waals surface area (Å²) in [5.74, 6) is 0.677. The molecule has 3 aromatic heterocycles. The van der Waals surface area contributed by atoms with Crippen molar-refractivity contribution in [1.29, 1.82) is 0 Å². The molecule has 3 heterocycles. The molecule has 0 saturated heterocycles. The average molecular weight is 745 g/mol. The Labute approximate surface area is 333 Å². The molecule has 0 atom stereocenters. The van der Waals surface area contributed by atoms with Crippen LogP contribution in [0.4, 0.5) is 0 Å². The summed E-state index contributed by atoms with van der Waals surface area (Å²) < 4.78 is 9.10. The predicted octanol–water partition coefficient (Wildman–Crippen LogP) is 14.1. The molecule has 57 heavy (non-hydrogen) atoms. The number of hydrogen-bond acceptors (Lipinski definition) is 4. The lowest BCUT2D eigenvalue weighted by molar-refractivity contribution is 0.670. The van der Waals surface area contributed by atoms with Gasteiger partial charge in [-0.05, 0) is 63.7 Å². The topological polar surface area (TPSA) is 38.9 Å². The van der Waals surface area contributed by atoms with Crippen molar-refractivity contribution in [2.24, 2.45) is 0 Å². The van der Waals surface area contributed by atoms with Crippen LogP contribution in [0.2, 0.25) is 0 Å². The fourth-order valence-corrected chi connectivity index (χ4v) is 10.5. The van der Waals surface area contributed by atoms with Crippen LogP contribution >= 0.6 is 11.3 Å². The quantitative estimate of drug-likeness (QED) is 0.176. The summed E-state index contributed by atoms with van der Waals surface area (Å²) in [6.07, 6.45) is 0. The van der Waals surface area contributed by atoms with Crippen molar-refractivity contribution in [3.05, 3.63) is 216 Å². The van der Waals surface area contributed by atoms with Crippen molar-refractivity contribution in [1.82, 2.24) is 9.97 Å². The third-order valence-electron chi connectivity index (χ3n) is 11.8. The number of nitrogens with zero attached hydrogens (tertiary/aromatic N) is 2. The summed E-state index contributed by atoms with van der Waals surface area (Å²) in [6.45, 7) is 0. The molecule has 0 saturated carbocycles. The van der Waals surface area contributed by atoms with Gasteiger partial charge in [-0.1, -0.05) is 164 Å². The minimum atomic E-state index is -0.519. The number of fused-ring (bicyclic) bond motifs is 9. The van der Waals surface area contributed by atoms with Gasteiger partial charge in [0, 0.05) is 47.6 Å². The van der Waals surface area contributed by atoms with E-state index >= 15 is 0 Å². The highest BCUT2D eigenvalue weighted by Gasteiger charge is 2.46. The van der Waals surface area contributed by atoms with Gasteiger partial charge in [-0.25, -0.2) is 9.97 Å². The van der Waals surface area contributed by atoms with E-state index in [9.17, 15) is 0 Å². The van der Waals surface area contributed by atoms with Crippen LogP contribution in [-0.4, -0.2) is 9.97 Å². The highest BCUT2D eigenvalue weighted by molar-refractivity contribution is 7.25. The molecule has 0 unspecified atom stereocenters. The molecule has 1 aliphatic carbocycles. The lowest BCUT2D eigenvalue weighted by atomic mass is 9.67. The Morgan fingerprint density at radius 2 is 1.02 bits per heavy atom. The third kappa shape index (κ3) is 4.71. The van der Waals surface area contributed by atoms with Crippen LogP contribution in [0.25, 0.3) is 87.1 Å². The van der Waals surface area contributed by atoms with Crippen LogP contribution in [0.15, 0.2) is 199 Å². The maximum atomic E-state index is 6.61. The van der Waals surface area contributed by atoms with E-state index in [2.05, 4.69) is 182 Å². The Morgan fingerprint density at radius 1 is 0.421 bits per heavy atom. The highest BCUT2D eigenvalue weighted by Crippen LogP contribution is 2.58. The molecule has 1 aliphatic rings. The van der Waals surface area contributed by atoms with Crippen LogP contribution in [0.1, 0.15) is 22.3 Å². The van der Waals surface area contributed by atoms with E-state index in [4.69, 9.17) is 14.4 Å². The van der Waals surface area contributed by atoms with Gasteiger partial charge in [0.15, 0.2) is 5.82 Å². The van der Waals surface area contributed by atoms with Crippen LogP contribution in [0, 0.1) is 0 Å². The summed E-state index contributed by atoms with van der Waals surface area (Å²) >= 11 is 1.81. The smallest absolute Gasteiger partial charge is 0.160 e. The number of benzene rings is 8. The molecular formula is C53H32N2OS. The monoisotopic (exact) mass is 744 g/mol. The molecule has 0 fully saturated rings. The predicted molar refractivity (Wildman–Crippen MR) is 236 cm³/mol. The highest BCUT2D eigenvalue weighted by atomic mass is 32.1. The summed E-state index contributed by atoms with van der Waals surface area (Å²) in [6, 6.07) is 69.6. The number of para-hydroxylation sites is 2. The Kier molecular flexibility index (Phi) is 7.01. The van der Waals surface area contributed by atoms with Crippen molar-refractivity contribution in [3.63, 3.8) is 0 Å². The molecule has 0 radical (unpaired) electrons. The molecule has 0 spiro atoms. The summed E-state index contributed by atoms with van der Waals surface area (Å²) in [5, 5.41) is 4.68. The molecule has 0 amide bonds. The van der Waals surface area contributed by atoms with Gasteiger partial charge in [0.2, 0.25) is 0 Å². The van der Waals surface area contributed by atoms with Gasteiger partial charge in [-0.15, -0.1) is 11.3 Å². The van der Waals surface area contributed by atoms with Crippen LogP contribution < -0.4 is 0 Å². The zero-order valence-electron chi connectivity index (χ0n) is 30.7. The summed E-state index contributed by atoms with van der Waals surface area (Å²) in [7, 11) is 0. The molecular weight excluding hydrogens is 713 g/mol.